The number of hydrogen-bond acceptors (Lipinski definition) is 4. The number of halogens is 1. The molecule has 5 heteroatoms. The molecule has 2 aromatic rings. The lowest BCUT2D eigenvalue weighted by Crippen LogP contribution is -2.28. The SMILES string of the molecule is OC1CCCC(CNCc2csc(-c3ccc(F)cc3)n2)C1. The zero-order valence-electron chi connectivity index (χ0n) is 12.5. The van der Waals surface area contributed by atoms with Gasteiger partial charge < -0.3 is 10.4 Å². The highest BCUT2D eigenvalue weighted by Crippen LogP contribution is 2.25. The van der Waals surface area contributed by atoms with E-state index in [0.717, 1.165) is 48.6 Å². The lowest BCUT2D eigenvalue weighted by Gasteiger charge is -2.25. The van der Waals surface area contributed by atoms with Crippen molar-refractivity contribution < 1.29 is 9.50 Å². The molecule has 3 rings (SSSR count). The summed E-state index contributed by atoms with van der Waals surface area (Å²) in [6.07, 6.45) is 4.06. The Hall–Kier alpha value is -1.30. The number of nitrogens with zero attached hydrogens (tertiary/aromatic N) is 1. The number of rotatable bonds is 5. The van der Waals surface area contributed by atoms with Crippen molar-refractivity contribution in [2.75, 3.05) is 6.54 Å². The summed E-state index contributed by atoms with van der Waals surface area (Å²) in [5, 5.41) is 16.1. The van der Waals surface area contributed by atoms with Crippen LogP contribution in [0, 0.1) is 11.7 Å². The van der Waals surface area contributed by atoms with Crippen LogP contribution in [0.15, 0.2) is 29.6 Å². The summed E-state index contributed by atoms with van der Waals surface area (Å²) in [6.45, 7) is 1.67. The van der Waals surface area contributed by atoms with Crippen LogP contribution in [0.25, 0.3) is 10.6 Å². The van der Waals surface area contributed by atoms with Crippen molar-refractivity contribution in [3.8, 4) is 10.6 Å². The minimum Gasteiger partial charge on any atom is -0.393 e. The van der Waals surface area contributed by atoms with Crippen LogP contribution >= 0.6 is 11.3 Å². The Kier molecular flexibility index (Phi) is 5.18. The topological polar surface area (TPSA) is 45.1 Å². The van der Waals surface area contributed by atoms with Crippen LogP contribution in [0.2, 0.25) is 0 Å². The van der Waals surface area contributed by atoms with Gasteiger partial charge in [-0.15, -0.1) is 11.3 Å². The molecular weight excluding hydrogens is 299 g/mol. The minimum atomic E-state index is -0.225. The maximum atomic E-state index is 12.9. The molecule has 1 aromatic carbocycles. The number of thiazole rings is 1. The molecule has 1 fully saturated rings. The number of aliphatic hydroxyl groups is 1. The fourth-order valence-electron chi connectivity index (χ4n) is 2.97. The third kappa shape index (κ3) is 4.12. The zero-order valence-corrected chi connectivity index (χ0v) is 13.3. The molecule has 2 N–H and O–H groups in total. The van der Waals surface area contributed by atoms with E-state index in [1.54, 1.807) is 23.5 Å². The zero-order chi connectivity index (χ0) is 15.4. The van der Waals surface area contributed by atoms with Crippen LogP contribution in [0.5, 0.6) is 0 Å². The standard InChI is InChI=1S/C17H21FN2OS/c18-14-6-4-13(5-7-14)17-20-15(11-22-17)10-19-9-12-2-1-3-16(21)8-12/h4-7,11-12,16,19,21H,1-3,8-10H2. The van der Waals surface area contributed by atoms with Crippen molar-refractivity contribution in [3.63, 3.8) is 0 Å². The van der Waals surface area contributed by atoms with Crippen LogP contribution in [0.3, 0.4) is 0 Å². The van der Waals surface area contributed by atoms with Crippen molar-refractivity contribution in [1.29, 1.82) is 0 Å². The lowest BCUT2D eigenvalue weighted by molar-refractivity contribution is 0.101. The number of aromatic nitrogens is 1. The molecule has 118 valence electrons. The molecule has 0 bridgehead atoms. The van der Waals surface area contributed by atoms with E-state index in [2.05, 4.69) is 10.3 Å². The lowest BCUT2D eigenvalue weighted by atomic mass is 9.87. The first kappa shape index (κ1) is 15.6. The van der Waals surface area contributed by atoms with Gasteiger partial charge in [0.1, 0.15) is 10.8 Å². The molecule has 2 atom stereocenters. The first-order valence-electron chi connectivity index (χ1n) is 7.80. The molecule has 0 spiro atoms. The monoisotopic (exact) mass is 320 g/mol. The summed E-state index contributed by atoms with van der Waals surface area (Å²) in [5.74, 6) is 0.343. The maximum absolute atomic E-state index is 12.9. The Morgan fingerprint density at radius 3 is 2.86 bits per heavy atom. The van der Waals surface area contributed by atoms with E-state index in [0.29, 0.717) is 5.92 Å². The van der Waals surface area contributed by atoms with Crippen molar-refractivity contribution in [1.82, 2.24) is 10.3 Å². The van der Waals surface area contributed by atoms with Gasteiger partial charge in [0.15, 0.2) is 0 Å². The average Bonchev–Trinajstić information content (AvgIpc) is 2.97. The second kappa shape index (κ2) is 7.31. The summed E-state index contributed by atoms with van der Waals surface area (Å²) < 4.78 is 12.9. The van der Waals surface area contributed by atoms with Crippen LogP contribution < -0.4 is 5.32 Å². The van der Waals surface area contributed by atoms with Crippen molar-refractivity contribution in [2.45, 2.75) is 38.3 Å². The van der Waals surface area contributed by atoms with Gasteiger partial charge in [-0.1, -0.05) is 6.42 Å². The third-order valence-electron chi connectivity index (χ3n) is 4.14. The highest BCUT2D eigenvalue weighted by Gasteiger charge is 2.19. The molecule has 3 nitrogen and oxygen atoms in total. The van der Waals surface area contributed by atoms with E-state index >= 15 is 0 Å². The molecule has 0 aliphatic heterocycles. The van der Waals surface area contributed by atoms with Gasteiger partial charge in [0.25, 0.3) is 0 Å². The van der Waals surface area contributed by atoms with Gasteiger partial charge in [0, 0.05) is 17.5 Å². The molecule has 0 amide bonds. The predicted molar refractivity (Wildman–Crippen MR) is 87.2 cm³/mol. The Morgan fingerprint density at radius 1 is 1.27 bits per heavy atom. The Labute approximate surface area is 134 Å². The highest BCUT2D eigenvalue weighted by molar-refractivity contribution is 7.13. The first-order chi connectivity index (χ1) is 10.7. The van der Waals surface area contributed by atoms with Crippen LogP contribution in [0.1, 0.15) is 31.4 Å². The van der Waals surface area contributed by atoms with E-state index < -0.39 is 0 Å². The van der Waals surface area contributed by atoms with Gasteiger partial charge in [0.05, 0.1) is 11.8 Å². The Morgan fingerprint density at radius 2 is 2.09 bits per heavy atom. The van der Waals surface area contributed by atoms with E-state index in [-0.39, 0.29) is 11.9 Å². The summed E-state index contributed by atoms with van der Waals surface area (Å²) >= 11 is 1.58. The van der Waals surface area contributed by atoms with Gasteiger partial charge in [-0.25, -0.2) is 9.37 Å². The molecule has 22 heavy (non-hydrogen) atoms. The number of benzene rings is 1. The van der Waals surface area contributed by atoms with Crippen LogP contribution in [0.4, 0.5) is 4.39 Å². The molecule has 1 aromatic heterocycles. The van der Waals surface area contributed by atoms with Crippen molar-refractivity contribution in [3.05, 3.63) is 41.2 Å². The fraction of sp³-hybridized carbons (Fsp3) is 0.471. The molecule has 1 aliphatic rings. The molecule has 1 heterocycles. The largest absolute Gasteiger partial charge is 0.393 e. The number of nitrogens with one attached hydrogen (secondary N) is 1. The van der Waals surface area contributed by atoms with E-state index in [1.807, 2.05) is 5.38 Å². The second-order valence-corrected chi connectivity index (χ2v) is 6.83. The molecule has 1 aliphatic carbocycles. The van der Waals surface area contributed by atoms with E-state index in [4.69, 9.17) is 0 Å². The van der Waals surface area contributed by atoms with Gasteiger partial charge in [-0.2, -0.15) is 0 Å². The minimum absolute atomic E-state index is 0.120. The number of hydrogen-bond donors (Lipinski definition) is 2. The summed E-state index contributed by atoms with van der Waals surface area (Å²) in [4.78, 5) is 4.59. The molecular formula is C17H21FN2OS. The first-order valence-corrected chi connectivity index (χ1v) is 8.68. The number of aliphatic hydroxyl groups excluding tert-OH is 1. The fourth-order valence-corrected chi connectivity index (χ4v) is 3.79. The van der Waals surface area contributed by atoms with Gasteiger partial charge >= 0.3 is 0 Å². The van der Waals surface area contributed by atoms with Crippen LogP contribution in [-0.4, -0.2) is 22.7 Å². The average molecular weight is 320 g/mol. The molecule has 0 saturated heterocycles. The smallest absolute Gasteiger partial charge is 0.123 e. The Balaban J connectivity index is 1.50. The van der Waals surface area contributed by atoms with Gasteiger partial charge in [-0.3, -0.25) is 0 Å². The summed E-state index contributed by atoms with van der Waals surface area (Å²) in [7, 11) is 0. The van der Waals surface area contributed by atoms with Gasteiger partial charge in [-0.05, 0) is 56.0 Å². The predicted octanol–water partition coefficient (Wildman–Crippen LogP) is 3.59. The summed E-state index contributed by atoms with van der Waals surface area (Å²) in [5.41, 5.74) is 1.97. The van der Waals surface area contributed by atoms with Crippen molar-refractivity contribution in [2.24, 2.45) is 5.92 Å². The van der Waals surface area contributed by atoms with Crippen molar-refractivity contribution >= 4 is 11.3 Å². The Bertz CT molecular complexity index is 599. The quantitative estimate of drug-likeness (QED) is 0.885. The molecule has 0 radical (unpaired) electrons. The van der Waals surface area contributed by atoms with E-state index in [9.17, 15) is 9.50 Å². The maximum Gasteiger partial charge on any atom is 0.123 e. The third-order valence-corrected chi connectivity index (χ3v) is 5.08. The highest BCUT2D eigenvalue weighted by atomic mass is 32.1. The molecule has 2 unspecified atom stereocenters. The van der Waals surface area contributed by atoms with E-state index in [1.165, 1.54) is 18.6 Å². The molecule has 1 saturated carbocycles. The van der Waals surface area contributed by atoms with Gasteiger partial charge in [0.2, 0.25) is 0 Å². The second-order valence-electron chi connectivity index (χ2n) is 5.97. The summed E-state index contributed by atoms with van der Waals surface area (Å²) in [6, 6.07) is 6.44. The van der Waals surface area contributed by atoms with Crippen LogP contribution in [-0.2, 0) is 6.54 Å². The normalized spacial score (nSPS) is 21.9.